The highest BCUT2D eigenvalue weighted by Gasteiger charge is 2.39. The van der Waals surface area contributed by atoms with Crippen LogP contribution in [0.3, 0.4) is 0 Å². The molecule has 3 rings (SSSR count). The average molecular weight is 307 g/mol. The van der Waals surface area contributed by atoms with Crippen molar-refractivity contribution in [2.24, 2.45) is 0 Å². The van der Waals surface area contributed by atoms with E-state index in [-0.39, 0.29) is 17.4 Å². The number of rotatable bonds is 3. The summed E-state index contributed by atoms with van der Waals surface area (Å²) in [5, 5.41) is 6.84. The van der Waals surface area contributed by atoms with E-state index in [9.17, 15) is 4.79 Å². The van der Waals surface area contributed by atoms with Crippen LogP contribution in [0.5, 0.6) is 0 Å². The average Bonchev–Trinajstić information content (AvgIpc) is 2.87. The molecular weight excluding hydrogens is 282 g/mol. The van der Waals surface area contributed by atoms with Crippen molar-refractivity contribution in [2.45, 2.75) is 57.5 Å². The lowest BCUT2D eigenvalue weighted by molar-refractivity contribution is -0.129. The molecule has 0 bridgehead atoms. The van der Waals surface area contributed by atoms with Crippen LogP contribution < -0.4 is 5.32 Å². The van der Waals surface area contributed by atoms with Gasteiger partial charge >= 0.3 is 0 Å². The van der Waals surface area contributed by atoms with E-state index in [4.69, 9.17) is 9.26 Å². The first-order valence-corrected chi connectivity index (χ1v) is 8.07. The van der Waals surface area contributed by atoms with Crippen LogP contribution in [-0.2, 0) is 14.9 Å². The number of carbonyl (C=O) groups excluding carboxylic acids is 1. The van der Waals surface area contributed by atoms with Crippen LogP contribution in [0.15, 0.2) is 10.6 Å². The second-order valence-electron chi connectivity index (χ2n) is 7.20. The van der Waals surface area contributed by atoms with E-state index in [0.29, 0.717) is 11.9 Å². The Morgan fingerprint density at radius 3 is 2.59 bits per heavy atom. The summed E-state index contributed by atoms with van der Waals surface area (Å²) in [5.41, 5.74) is -0.111. The molecule has 6 nitrogen and oxygen atoms in total. The van der Waals surface area contributed by atoms with Gasteiger partial charge in [0.2, 0.25) is 5.91 Å². The predicted octanol–water partition coefficient (Wildman–Crippen LogP) is 2.16. The molecule has 1 amide bonds. The van der Waals surface area contributed by atoms with E-state index >= 15 is 0 Å². The van der Waals surface area contributed by atoms with Crippen LogP contribution in [-0.4, -0.2) is 47.8 Å². The third kappa shape index (κ3) is 3.17. The lowest BCUT2D eigenvalue weighted by Gasteiger charge is -2.46. The van der Waals surface area contributed by atoms with Gasteiger partial charge in [0.1, 0.15) is 5.76 Å². The van der Waals surface area contributed by atoms with Crippen molar-refractivity contribution in [3.8, 4) is 0 Å². The number of hydrogen-bond acceptors (Lipinski definition) is 5. The summed E-state index contributed by atoms with van der Waals surface area (Å²) >= 11 is 0. The summed E-state index contributed by atoms with van der Waals surface area (Å²) in [6.45, 7) is 8.75. The molecule has 122 valence electrons. The SMILES string of the molecule is CC(C)(C)c1cc(NC(=O)[C@@H]2CCN2C2CCOCC2)no1. The molecule has 2 aliphatic heterocycles. The molecule has 1 atom stereocenters. The molecule has 2 aliphatic rings. The van der Waals surface area contributed by atoms with Gasteiger partial charge in [-0.15, -0.1) is 0 Å². The Morgan fingerprint density at radius 1 is 1.32 bits per heavy atom. The molecule has 0 radical (unpaired) electrons. The second kappa shape index (κ2) is 6.01. The smallest absolute Gasteiger partial charge is 0.243 e. The lowest BCUT2D eigenvalue weighted by Crippen LogP contribution is -2.59. The lowest BCUT2D eigenvalue weighted by atomic mass is 9.93. The van der Waals surface area contributed by atoms with E-state index in [1.165, 1.54) is 0 Å². The van der Waals surface area contributed by atoms with Crippen LogP contribution in [0.25, 0.3) is 0 Å². The highest BCUT2D eigenvalue weighted by atomic mass is 16.5. The van der Waals surface area contributed by atoms with Gasteiger partial charge in [-0.2, -0.15) is 0 Å². The Morgan fingerprint density at radius 2 is 2.05 bits per heavy atom. The molecule has 2 fully saturated rings. The maximum atomic E-state index is 12.4. The molecular formula is C16H25N3O3. The first-order chi connectivity index (χ1) is 10.4. The highest BCUT2D eigenvalue weighted by molar-refractivity contribution is 5.94. The van der Waals surface area contributed by atoms with E-state index in [1.54, 1.807) is 0 Å². The number of carbonyl (C=O) groups is 1. The predicted molar refractivity (Wildman–Crippen MR) is 82.8 cm³/mol. The van der Waals surface area contributed by atoms with Crippen molar-refractivity contribution in [1.82, 2.24) is 10.1 Å². The first-order valence-electron chi connectivity index (χ1n) is 8.07. The molecule has 2 saturated heterocycles. The van der Waals surface area contributed by atoms with Crippen molar-refractivity contribution in [1.29, 1.82) is 0 Å². The summed E-state index contributed by atoms with van der Waals surface area (Å²) in [6, 6.07) is 2.24. The van der Waals surface area contributed by atoms with Gasteiger partial charge in [0.05, 0.1) is 6.04 Å². The van der Waals surface area contributed by atoms with Crippen LogP contribution in [0.4, 0.5) is 5.82 Å². The summed E-state index contributed by atoms with van der Waals surface area (Å²) in [6.07, 6.45) is 2.94. The zero-order valence-corrected chi connectivity index (χ0v) is 13.6. The molecule has 0 aliphatic carbocycles. The van der Waals surface area contributed by atoms with Gasteiger partial charge in [0, 0.05) is 37.3 Å². The number of likely N-dealkylation sites (tertiary alicyclic amines) is 1. The number of nitrogens with one attached hydrogen (secondary N) is 1. The van der Waals surface area contributed by atoms with Gasteiger partial charge in [0.15, 0.2) is 5.82 Å². The molecule has 6 heteroatoms. The molecule has 1 aromatic rings. The van der Waals surface area contributed by atoms with Crippen molar-refractivity contribution in [3.63, 3.8) is 0 Å². The molecule has 1 N–H and O–H groups in total. The largest absolute Gasteiger partial charge is 0.381 e. The van der Waals surface area contributed by atoms with E-state index < -0.39 is 0 Å². The van der Waals surface area contributed by atoms with Crippen LogP contribution in [0, 0.1) is 0 Å². The fourth-order valence-corrected chi connectivity index (χ4v) is 3.04. The van der Waals surface area contributed by atoms with Crippen LogP contribution >= 0.6 is 0 Å². The molecule has 0 spiro atoms. The molecule has 1 aromatic heterocycles. The fraction of sp³-hybridized carbons (Fsp3) is 0.750. The van der Waals surface area contributed by atoms with Crippen molar-refractivity contribution in [2.75, 3.05) is 25.1 Å². The van der Waals surface area contributed by atoms with Gasteiger partial charge in [-0.05, 0) is 19.3 Å². The summed E-state index contributed by atoms with van der Waals surface area (Å²) in [7, 11) is 0. The molecule has 0 aromatic carbocycles. The van der Waals surface area contributed by atoms with Gasteiger partial charge in [-0.3, -0.25) is 9.69 Å². The zero-order valence-electron chi connectivity index (χ0n) is 13.6. The molecule has 0 saturated carbocycles. The number of aromatic nitrogens is 1. The van der Waals surface area contributed by atoms with Crippen molar-refractivity contribution < 1.29 is 14.1 Å². The number of nitrogens with zero attached hydrogens (tertiary/aromatic N) is 2. The molecule has 0 unspecified atom stereocenters. The normalized spacial score (nSPS) is 24.0. The second-order valence-corrected chi connectivity index (χ2v) is 7.20. The number of amides is 1. The highest BCUT2D eigenvalue weighted by Crippen LogP contribution is 2.28. The zero-order chi connectivity index (χ0) is 15.7. The minimum Gasteiger partial charge on any atom is -0.381 e. The summed E-state index contributed by atoms with van der Waals surface area (Å²) in [4.78, 5) is 14.7. The quantitative estimate of drug-likeness (QED) is 0.927. The Balaban J connectivity index is 1.58. The fourth-order valence-electron chi connectivity index (χ4n) is 3.04. The number of anilines is 1. The molecule has 22 heavy (non-hydrogen) atoms. The topological polar surface area (TPSA) is 67.6 Å². The van der Waals surface area contributed by atoms with Gasteiger partial charge in [-0.1, -0.05) is 25.9 Å². The third-order valence-corrected chi connectivity index (χ3v) is 4.52. The standard InChI is InChI=1S/C16H25N3O3/c1-16(2,3)13-10-14(18-22-13)17-15(20)12-4-7-19(12)11-5-8-21-9-6-11/h10-12H,4-9H2,1-3H3,(H,17,18,20)/t12-/m0/s1. The maximum Gasteiger partial charge on any atom is 0.243 e. The van der Waals surface area contributed by atoms with Gasteiger partial charge in [-0.25, -0.2) is 0 Å². The minimum atomic E-state index is -0.111. The third-order valence-electron chi connectivity index (χ3n) is 4.52. The van der Waals surface area contributed by atoms with E-state index in [1.807, 2.05) is 6.07 Å². The summed E-state index contributed by atoms with van der Waals surface area (Å²) in [5.74, 6) is 1.30. The van der Waals surface area contributed by atoms with E-state index in [2.05, 4.69) is 36.1 Å². The first kappa shape index (κ1) is 15.5. The Labute approximate surface area is 131 Å². The maximum absolute atomic E-state index is 12.4. The van der Waals surface area contributed by atoms with Gasteiger partial charge in [0.25, 0.3) is 0 Å². The van der Waals surface area contributed by atoms with Crippen molar-refractivity contribution >= 4 is 11.7 Å². The Bertz CT molecular complexity index is 529. The molecule has 3 heterocycles. The van der Waals surface area contributed by atoms with Crippen LogP contribution in [0.1, 0.15) is 45.8 Å². The van der Waals surface area contributed by atoms with E-state index in [0.717, 1.165) is 44.8 Å². The number of ether oxygens (including phenoxy) is 1. The number of hydrogen-bond donors (Lipinski definition) is 1. The van der Waals surface area contributed by atoms with Gasteiger partial charge < -0.3 is 14.6 Å². The monoisotopic (exact) mass is 307 g/mol. The minimum absolute atomic E-state index is 0.0199. The Hall–Kier alpha value is -1.40. The Kier molecular flexibility index (Phi) is 4.23. The summed E-state index contributed by atoms with van der Waals surface area (Å²) < 4.78 is 10.7. The van der Waals surface area contributed by atoms with Crippen LogP contribution in [0.2, 0.25) is 0 Å². The van der Waals surface area contributed by atoms with Crippen molar-refractivity contribution in [3.05, 3.63) is 11.8 Å².